The lowest BCUT2D eigenvalue weighted by Gasteiger charge is -2.30. The number of benzene rings is 9. The van der Waals surface area contributed by atoms with Crippen LogP contribution in [0.4, 0.5) is 17.1 Å². The van der Waals surface area contributed by atoms with Crippen LogP contribution in [0.1, 0.15) is 49.9 Å². The van der Waals surface area contributed by atoms with E-state index in [2.05, 4.69) is 231 Å². The van der Waals surface area contributed by atoms with Crippen molar-refractivity contribution in [1.82, 2.24) is 4.57 Å². The van der Waals surface area contributed by atoms with Gasteiger partial charge in [-0.3, -0.25) is 0 Å². The van der Waals surface area contributed by atoms with Gasteiger partial charge in [0.05, 0.1) is 16.7 Å². The number of nitrogens with zero attached hydrogens (tertiary/aromatic N) is 2. The molecule has 0 unspecified atom stereocenters. The largest absolute Gasteiger partial charge is 0.310 e. The molecule has 0 radical (unpaired) electrons. The van der Waals surface area contributed by atoms with Crippen molar-refractivity contribution in [3.8, 4) is 39.1 Å². The molecule has 1 aromatic heterocycles. The molecule has 0 saturated heterocycles. The molecular weight excluding hydrogens is 725 g/mol. The summed E-state index contributed by atoms with van der Waals surface area (Å²) in [5, 5.41) is 4.98. The second kappa shape index (κ2) is 12.7. The third kappa shape index (κ3) is 4.88. The van der Waals surface area contributed by atoms with Crippen molar-refractivity contribution in [3.05, 3.63) is 216 Å². The lowest BCUT2D eigenvalue weighted by molar-refractivity contribution is 0.660. The Morgan fingerprint density at radius 3 is 1.72 bits per heavy atom. The van der Waals surface area contributed by atoms with E-state index in [1.54, 1.807) is 0 Å². The summed E-state index contributed by atoms with van der Waals surface area (Å²) in [6.07, 6.45) is 0. The summed E-state index contributed by atoms with van der Waals surface area (Å²) in [6.45, 7) is 9.49. The minimum Gasteiger partial charge on any atom is -0.310 e. The van der Waals surface area contributed by atoms with E-state index >= 15 is 0 Å². The fraction of sp³-hybridized carbons (Fsp3) is 0.103. The van der Waals surface area contributed by atoms with Crippen molar-refractivity contribution in [1.29, 1.82) is 0 Å². The minimum atomic E-state index is -0.130. The van der Waals surface area contributed by atoms with Crippen molar-refractivity contribution in [3.63, 3.8) is 0 Å². The number of aromatic nitrogens is 1. The van der Waals surface area contributed by atoms with Gasteiger partial charge in [-0.15, -0.1) is 0 Å². The predicted molar refractivity (Wildman–Crippen MR) is 254 cm³/mol. The van der Waals surface area contributed by atoms with E-state index < -0.39 is 0 Å². The molecule has 2 nitrogen and oxygen atoms in total. The van der Waals surface area contributed by atoms with Crippen LogP contribution in [-0.2, 0) is 10.8 Å². The van der Waals surface area contributed by atoms with Gasteiger partial charge in [-0.2, -0.15) is 0 Å². The van der Waals surface area contributed by atoms with Gasteiger partial charge in [0.15, 0.2) is 0 Å². The Morgan fingerprint density at radius 1 is 0.383 bits per heavy atom. The molecule has 2 heteroatoms. The highest BCUT2D eigenvalue weighted by atomic mass is 15.1. The first-order valence-corrected chi connectivity index (χ1v) is 21.2. The van der Waals surface area contributed by atoms with Crippen LogP contribution in [0.15, 0.2) is 194 Å². The zero-order chi connectivity index (χ0) is 40.3. The molecule has 1 heterocycles. The highest BCUT2D eigenvalue weighted by molar-refractivity contribution is 6.10. The van der Waals surface area contributed by atoms with Gasteiger partial charge in [0, 0.05) is 44.2 Å². The normalized spacial score (nSPS) is 14.3. The highest BCUT2D eigenvalue weighted by Gasteiger charge is 2.39. The van der Waals surface area contributed by atoms with Crippen molar-refractivity contribution in [2.45, 2.75) is 38.5 Å². The molecule has 0 aliphatic heterocycles. The Labute approximate surface area is 351 Å². The first-order valence-electron chi connectivity index (χ1n) is 21.2. The number of hydrogen-bond acceptors (Lipinski definition) is 1. The van der Waals surface area contributed by atoms with E-state index in [4.69, 9.17) is 0 Å². The lowest BCUT2D eigenvalue weighted by atomic mass is 9.82. The molecule has 0 bridgehead atoms. The van der Waals surface area contributed by atoms with Crippen molar-refractivity contribution >= 4 is 49.6 Å². The summed E-state index contributed by atoms with van der Waals surface area (Å²) < 4.78 is 2.44. The van der Waals surface area contributed by atoms with Gasteiger partial charge >= 0.3 is 0 Å². The predicted octanol–water partition coefficient (Wildman–Crippen LogP) is 15.7. The summed E-state index contributed by atoms with van der Waals surface area (Å²) in [4.78, 5) is 2.53. The molecule has 0 spiro atoms. The molecule has 9 aromatic carbocycles. The second-order valence-electron chi connectivity index (χ2n) is 17.7. The SMILES string of the molecule is CC1(C)c2ccccc2-c2ccc(N(c3cccc(-c4cc(-n5c6ccccc6c6ccccc65)cc5ccccc45)c3)c3cccc4c3-c3ccccc3C4(C)C)cc21. The summed E-state index contributed by atoms with van der Waals surface area (Å²) in [6, 6.07) is 72.4. The number of hydrogen-bond donors (Lipinski definition) is 0. The van der Waals surface area contributed by atoms with Gasteiger partial charge in [-0.05, 0) is 115 Å². The van der Waals surface area contributed by atoms with Crippen LogP contribution >= 0.6 is 0 Å². The standard InChI is InChI=1S/C58H44N2/c1-57(2)50-26-12-8-24-47(50)56-51(57)27-16-30-55(56)59(40-31-32-44-43-21-7-11-25-49(43)58(3,4)52(44)36-40)39-19-15-18-38(33-39)48-35-41(34-37-17-5-6-20-42(37)48)60-53-28-13-9-22-45(53)46-23-10-14-29-54(46)60/h5-36H,1-4H3. The molecular formula is C58H44N2. The van der Waals surface area contributed by atoms with Gasteiger partial charge in [-0.1, -0.05) is 167 Å². The molecule has 10 aromatic rings. The minimum absolute atomic E-state index is 0.122. The average Bonchev–Trinajstić information content (AvgIpc) is 3.83. The van der Waals surface area contributed by atoms with E-state index in [1.807, 2.05) is 0 Å². The number of anilines is 3. The molecule has 286 valence electrons. The quantitative estimate of drug-likeness (QED) is 0.169. The van der Waals surface area contributed by atoms with Gasteiger partial charge < -0.3 is 9.47 Å². The molecule has 0 atom stereocenters. The molecule has 2 aliphatic rings. The average molecular weight is 769 g/mol. The maximum atomic E-state index is 2.53. The fourth-order valence-corrected chi connectivity index (χ4v) is 10.9. The lowest BCUT2D eigenvalue weighted by Crippen LogP contribution is -2.17. The molecule has 12 rings (SSSR count). The smallest absolute Gasteiger partial charge is 0.0543 e. The summed E-state index contributed by atoms with van der Waals surface area (Å²) in [7, 11) is 0. The Bertz CT molecular complexity index is 3340. The van der Waals surface area contributed by atoms with Crippen LogP contribution in [0.3, 0.4) is 0 Å². The number of para-hydroxylation sites is 2. The first-order chi connectivity index (χ1) is 29.3. The zero-order valence-corrected chi connectivity index (χ0v) is 34.4. The Hall–Kier alpha value is -7.16. The summed E-state index contributed by atoms with van der Waals surface area (Å²) in [5.74, 6) is 0. The maximum Gasteiger partial charge on any atom is 0.0543 e. The third-order valence-electron chi connectivity index (χ3n) is 13.8. The Kier molecular flexibility index (Phi) is 7.36. The highest BCUT2D eigenvalue weighted by Crippen LogP contribution is 2.56. The van der Waals surface area contributed by atoms with E-state index in [0.717, 1.165) is 17.1 Å². The Morgan fingerprint density at radius 2 is 0.950 bits per heavy atom. The molecule has 0 fully saturated rings. The van der Waals surface area contributed by atoms with Crippen molar-refractivity contribution in [2.75, 3.05) is 4.90 Å². The van der Waals surface area contributed by atoms with Gasteiger partial charge in [-0.25, -0.2) is 0 Å². The van der Waals surface area contributed by atoms with Crippen LogP contribution in [0.5, 0.6) is 0 Å². The molecule has 60 heavy (non-hydrogen) atoms. The molecule has 0 N–H and O–H groups in total. The van der Waals surface area contributed by atoms with Crippen molar-refractivity contribution in [2.24, 2.45) is 0 Å². The maximum absolute atomic E-state index is 2.53. The van der Waals surface area contributed by atoms with Crippen LogP contribution in [-0.4, -0.2) is 4.57 Å². The second-order valence-corrected chi connectivity index (χ2v) is 17.7. The number of fused-ring (bicyclic) bond motifs is 10. The Balaban J connectivity index is 1.10. The number of rotatable bonds is 5. The van der Waals surface area contributed by atoms with E-state index in [0.29, 0.717) is 0 Å². The summed E-state index contributed by atoms with van der Waals surface area (Å²) in [5.41, 5.74) is 20.0. The topological polar surface area (TPSA) is 8.17 Å². The van der Waals surface area contributed by atoms with Crippen LogP contribution in [0.2, 0.25) is 0 Å². The van der Waals surface area contributed by atoms with Crippen LogP contribution in [0.25, 0.3) is 71.6 Å². The van der Waals surface area contributed by atoms with Crippen LogP contribution in [0, 0.1) is 0 Å². The third-order valence-corrected chi connectivity index (χ3v) is 13.8. The van der Waals surface area contributed by atoms with Gasteiger partial charge in [0.1, 0.15) is 0 Å². The first kappa shape index (κ1) is 34.8. The van der Waals surface area contributed by atoms with E-state index in [9.17, 15) is 0 Å². The fourth-order valence-electron chi connectivity index (χ4n) is 10.9. The van der Waals surface area contributed by atoms with E-state index in [1.165, 1.54) is 93.9 Å². The molecule has 2 aliphatic carbocycles. The van der Waals surface area contributed by atoms with E-state index in [-0.39, 0.29) is 10.8 Å². The van der Waals surface area contributed by atoms with Gasteiger partial charge in [0.25, 0.3) is 0 Å². The summed E-state index contributed by atoms with van der Waals surface area (Å²) >= 11 is 0. The zero-order valence-electron chi connectivity index (χ0n) is 34.4. The van der Waals surface area contributed by atoms with Crippen LogP contribution < -0.4 is 4.90 Å². The molecule has 0 saturated carbocycles. The molecule has 0 amide bonds. The van der Waals surface area contributed by atoms with Crippen molar-refractivity contribution < 1.29 is 0 Å². The van der Waals surface area contributed by atoms with Gasteiger partial charge in [0.2, 0.25) is 0 Å². The monoisotopic (exact) mass is 768 g/mol.